The van der Waals surface area contributed by atoms with Gasteiger partial charge in [0.05, 0.1) is 22.9 Å². The molecule has 1 aliphatic heterocycles. The number of likely N-dealkylation sites (N-methyl/N-ethyl adjacent to an activating group) is 1. The quantitative estimate of drug-likeness (QED) is 0.770. The molecule has 140 valence electrons. The number of sulfonamides is 1. The highest BCUT2D eigenvalue weighted by molar-refractivity contribution is 7.91. The van der Waals surface area contributed by atoms with Crippen molar-refractivity contribution in [1.82, 2.24) is 9.62 Å². The number of carbonyl (C=O) groups excluding carboxylic acids is 1. The number of aryl methyl sites for hydroxylation is 2. The smallest absolute Gasteiger partial charge is 0.243 e. The van der Waals surface area contributed by atoms with Crippen molar-refractivity contribution in [1.29, 1.82) is 0 Å². The SMILES string of the molecule is CCN(CC(=O)N[C@@H]1CCS(=O)(=O)C1)S(=O)(=O)c1ccc(C)cc1C. The van der Waals surface area contributed by atoms with Crippen LogP contribution in [0.3, 0.4) is 0 Å². The molecule has 1 amide bonds. The molecule has 0 aliphatic carbocycles. The van der Waals surface area contributed by atoms with Gasteiger partial charge >= 0.3 is 0 Å². The number of nitrogens with one attached hydrogen (secondary N) is 1. The largest absolute Gasteiger partial charge is 0.351 e. The van der Waals surface area contributed by atoms with Crippen molar-refractivity contribution in [2.45, 2.75) is 38.1 Å². The summed E-state index contributed by atoms with van der Waals surface area (Å²) in [4.78, 5) is 12.4. The molecule has 0 saturated carbocycles. The lowest BCUT2D eigenvalue weighted by Gasteiger charge is -2.22. The van der Waals surface area contributed by atoms with E-state index in [1.54, 1.807) is 32.0 Å². The van der Waals surface area contributed by atoms with Gasteiger partial charge in [-0.05, 0) is 31.9 Å². The van der Waals surface area contributed by atoms with Gasteiger partial charge in [-0.1, -0.05) is 24.6 Å². The molecule has 1 atom stereocenters. The Hall–Kier alpha value is -1.45. The summed E-state index contributed by atoms with van der Waals surface area (Å²) in [6.45, 7) is 5.07. The van der Waals surface area contributed by atoms with E-state index in [0.717, 1.165) is 9.87 Å². The summed E-state index contributed by atoms with van der Waals surface area (Å²) >= 11 is 0. The highest BCUT2D eigenvalue weighted by atomic mass is 32.2. The van der Waals surface area contributed by atoms with Crippen LogP contribution in [-0.2, 0) is 24.7 Å². The number of hydrogen-bond donors (Lipinski definition) is 1. The van der Waals surface area contributed by atoms with E-state index in [2.05, 4.69) is 5.32 Å². The molecule has 0 aromatic heterocycles. The third-order valence-electron chi connectivity index (χ3n) is 4.22. The fourth-order valence-corrected chi connectivity index (χ4v) is 6.22. The van der Waals surface area contributed by atoms with Crippen molar-refractivity contribution in [3.8, 4) is 0 Å². The Bertz CT molecular complexity index is 863. The maximum atomic E-state index is 12.8. The van der Waals surface area contributed by atoms with Crippen LogP contribution in [0, 0.1) is 13.8 Å². The molecule has 2 rings (SSSR count). The summed E-state index contributed by atoms with van der Waals surface area (Å²) in [5.41, 5.74) is 1.58. The topological polar surface area (TPSA) is 101 Å². The number of carbonyl (C=O) groups is 1. The normalized spacial score (nSPS) is 19.9. The summed E-state index contributed by atoms with van der Waals surface area (Å²) < 4.78 is 49.6. The molecule has 9 heteroatoms. The minimum absolute atomic E-state index is 0.0519. The molecule has 1 aromatic carbocycles. The number of rotatable bonds is 6. The van der Waals surface area contributed by atoms with Crippen LogP contribution in [-0.4, -0.2) is 57.7 Å². The first-order chi connectivity index (χ1) is 11.5. The number of hydrogen-bond acceptors (Lipinski definition) is 5. The molecular formula is C16H24N2O5S2. The zero-order valence-corrected chi connectivity index (χ0v) is 16.3. The molecule has 1 aliphatic rings. The summed E-state index contributed by atoms with van der Waals surface area (Å²) in [6.07, 6.45) is 0.365. The second-order valence-corrected chi connectivity index (χ2v) is 10.5. The Kier molecular flexibility index (Phi) is 5.90. The Labute approximate surface area is 149 Å². The second kappa shape index (κ2) is 7.43. The van der Waals surface area contributed by atoms with Crippen LogP contribution in [0.2, 0.25) is 0 Å². The van der Waals surface area contributed by atoms with Gasteiger partial charge in [0.2, 0.25) is 15.9 Å². The van der Waals surface area contributed by atoms with Gasteiger partial charge in [-0.3, -0.25) is 4.79 Å². The third kappa shape index (κ3) is 4.80. The molecule has 0 bridgehead atoms. The molecule has 1 N–H and O–H groups in total. The molecule has 1 fully saturated rings. The van der Waals surface area contributed by atoms with Crippen molar-refractivity contribution < 1.29 is 21.6 Å². The van der Waals surface area contributed by atoms with Crippen molar-refractivity contribution in [3.63, 3.8) is 0 Å². The second-order valence-electron chi connectivity index (χ2n) is 6.37. The molecule has 1 aromatic rings. The van der Waals surface area contributed by atoms with Gasteiger partial charge in [0.1, 0.15) is 0 Å². The van der Waals surface area contributed by atoms with Crippen LogP contribution in [0.1, 0.15) is 24.5 Å². The molecule has 0 radical (unpaired) electrons. The number of benzene rings is 1. The van der Waals surface area contributed by atoms with Gasteiger partial charge < -0.3 is 5.32 Å². The maximum absolute atomic E-state index is 12.8. The van der Waals surface area contributed by atoms with Crippen LogP contribution >= 0.6 is 0 Å². The first-order valence-corrected chi connectivity index (χ1v) is 11.4. The van der Waals surface area contributed by atoms with Crippen molar-refractivity contribution >= 4 is 25.8 Å². The molecule has 0 spiro atoms. The lowest BCUT2D eigenvalue weighted by molar-refractivity contribution is -0.121. The number of nitrogens with zero attached hydrogens (tertiary/aromatic N) is 1. The maximum Gasteiger partial charge on any atom is 0.243 e. The molecule has 1 saturated heterocycles. The van der Waals surface area contributed by atoms with Crippen LogP contribution < -0.4 is 5.32 Å². The van der Waals surface area contributed by atoms with Crippen molar-refractivity contribution in [2.75, 3.05) is 24.6 Å². The van der Waals surface area contributed by atoms with Crippen molar-refractivity contribution in [2.24, 2.45) is 0 Å². The monoisotopic (exact) mass is 388 g/mol. The highest BCUT2D eigenvalue weighted by Gasteiger charge is 2.31. The van der Waals surface area contributed by atoms with Gasteiger partial charge in [-0.2, -0.15) is 4.31 Å². The number of amides is 1. The Morgan fingerprint density at radius 1 is 1.32 bits per heavy atom. The van der Waals surface area contributed by atoms with Gasteiger partial charge in [0, 0.05) is 12.6 Å². The molecule has 1 heterocycles. The minimum atomic E-state index is -3.80. The zero-order chi connectivity index (χ0) is 18.8. The van der Waals surface area contributed by atoms with Gasteiger partial charge in [0.15, 0.2) is 9.84 Å². The highest BCUT2D eigenvalue weighted by Crippen LogP contribution is 2.21. The van der Waals surface area contributed by atoms with E-state index in [4.69, 9.17) is 0 Å². The molecule has 7 nitrogen and oxygen atoms in total. The lowest BCUT2D eigenvalue weighted by Crippen LogP contribution is -2.44. The summed E-state index contributed by atoms with van der Waals surface area (Å²) in [6, 6.07) is 4.60. The van der Waals surface area contributed by atoms with Crippen LogP contribution in [0.5, 0.6) is 0 Å². The molecule has 25 heavy (non-hydrogen) atoms. The average Bonchev–Trinajstić information content (AvgIpc) is 2.82. The summed E-state index contributed by atoms with van der Waals surface area (Å²) in [5, 5.41) is 2.62. The van der Waals surface area contributed by atoms with E-state index in [1.165, 1.54) is 0 Å². The standard InChI is InChI=1S/C16H24N2O5S2/c1-4-18(10-16(19)17-14-7-8-24(20,21)11-14)25(22,23)15-6-5-12(2)9-13(15)3/h5-6,9,14H,4,7-8,10-11H2,1-3H3,(H,17,19)/t14-/m1/s1. The van der Waals surface area contributed by atoms with Crippen LogP contribution in [0.25, 0.3) is 0 Å². The fourth-order valence-electron chi connectivity index (χ4n) is 2.94. The molecule has 0 unspecified atom stereocenters. The van der Waals surface area contributed by atoms with E-state index >= 15 is 0 Å². The Balaban J connectivity index is 2.11. The third-order valence-corrected chi connectivity index (χ3v) is 8.07. The Morgan fingerprint density at radius 3 is 2.52 bits per heavy atom. The van der Waals surface area contributed by atoms with Crippen LogP contribution in [0.15, 0.2) is 23.1 Å². The lowest BCUT2D eigenvalue weighted by atomic mass is 10.2. The predicted octanol–water partition coefficient (Wildman–Crippen LogP) is 0.617. The van der Waals surface area contributed by atoms with Gasteiger partial charge in [-0.25, -0.2) is 16.8 Å². The Morgan fingerprint density at radius 2 is 2.00 bits per heavy atom. The van der Waals surface area contributed by atoms with Crippen molar-refractivity contribution in [3.05, 3.63) is 29.3 Å². The van der Waals surface area contributed by atoms with E-state index in [9.17, 15) is 21.6 Å². The molecular weight excluding hydrogens is 364 g/mol. The zero-order valence-electron chi connectivity index (χ0n) is 14.6. The van der Waals surface area contributed by atoms with E-state index < -0.39 is 31.8 Å². The summed E-state index contributed by atoms with van der Waals surface area (Å²) in [7, 11) is -6.90. The minimum Gasteiger partial charge on any atom is -0.351 e. The van der Waals surface area contributed by atoms with E-state index in [1.807, 2.05) is 6.92 Å². The van der Waals surface area contributed by atoms with E-state index in [-0.39, 0.29) is 29.5 Å². The van der Waals surface area contributed by atoms with Crippen LogP contribution in [0.4, 0.5) is 0 Å². The average molecular weight is 389 g/mol. The number of sulfone groups is 1. The van der Waals surface area contributed by atoms with E-state index in [0.29, 0.717) is 12.0 Å². The predicted molar refractivity (Wildman–Crippen MR) is 95.6 cm³/mol. The first-order valence-electron chi connectivity index (χ1n) is 8.12. The van der Waals surface area contributed by atoms with Gasteiger partial charge in [0.25, 0.3) is 0 Å². The summed E-state index contributed by atoms with van der Waals surface area (Å²) in [5.74, 6) is -0.525. The van der Waals surface area contributed by atoms with Gasteiger partial charge in [-0.15, -0.1) is 0 Å². The fraction of sp³-hybridized carbons (Fsp3) is 0.562. The first kappa shape index (κ1) is 19.9.